The van der Waals surface area contributed by atoms with Crippen molar-refractivity contribution in [1.82, 2.24) is 15.0 Å². The minimum absolute atomic E-state index is 0.325. The van der Waals surface area contributed by atoms with Crippen molar-refractivity contribution in [2.45, 2.75) is 26.4 Å². The molecule has 0 aliphatic rings. The Balaban J connectivity index is 2.19. The van der Waals surface area contributed by atoms with E-state index in [9.17, 15) is 4.79 Å². The van der Waals surface area contributed by atoms with Crippen LogP contribution < -0.4 is 0 Å². The van der Waals surface area contributed by atoms with Gasteiger partial charge in [0, 0.05) is 18.6 Å². The molecule has 0 radical (unpaired) electrons. The summed E-state index contributed by atoms with van der Waals surface area (Å²) in [5.41, 5.74) is 0.181. The molecule has 0 amide bonds. The number of carbonyl (C=O) groups is 1. The quantitative estimate of drug-likeness (QED) is 0.779. The molecule has 0 aliphatic heterocycles. The van der Waals surface area contributed by atoms with E-state index in [4.69, 9.17) is 4.74 Å². The van der Waals surface area contributed by atoms with Crippen LogP contribution in [0.5, 0.6) is 0 Å². The Hall–Kier alpha value is -1.82. The van der Waals surface area contributed by atoms with Crippen molar-refractivity contribution in [1.29, 1.82) is 0 Å². The lowest BCUT2D eigenvalue weighted by molar-refractivity contribution is 0.00692. The Kier molecular flexibility index (Phi) is 3.38. The Bertz CT molecular complexity index is 546. The Labute approximate surface area is 109 Å². The first-order chi connectivity index (χ1) is 8.46. The van der Waals surface area contributed by atoms with Crippen molar-refractivity contribution in [2.75, 3.05) is 0 Å². The number of esters is 1. The van der Waals surface area contributed by atoms with Gasteiger partial charge in [0.25, 0.3) is 0 Å². The standard InChI is InChI=1S/C12H13N3O2S/c1-12(2,3)17-11(16)10-15-7-9(18-10)8-6-13-4-5-14-8/h4-7H,1-3H3. The summed E-state index contributed by atoms with van der Waals surface area (Å²) in [7, 11) is 0. The van der Waals surface area contributed by atoms with Gasteiger partial charge in [0.05, 0.1) is 11.1 Å². The first-order valence-corrected chi connectivity index (χ1v) is 6.23. The molecule has 2 aromatic heterocycles. The average molecular weight is 263 g/mol. The summed E-state index contributed by atoms with van der Waals surface area (Å²) in [5, 5.41) is 0.325. The fourth-order valence-corrected chi connectivity index (χ4v) is 1.99. The zero-order valence-electron chi connectivity index (χ0n) is 10.4. The van der Waals surface area contributed by atoms with Crippen LogP contribution in [0.2, 0.25) is 0 Å². The maximum atomic E-state index is 11.8. The number of hydrogen-bond acceptors (Lipinski definition) is 6. The van der Waals surface area contributed by atoms with Crippen LogP contribution in [-0.2, 0) is 4.74 Å². The molecular formula is C12H13N3O2S. The highest BCUT2D eigenvalue weighted by Gasteiger charge is 2.21. The van der Waals surface area contributed by atoms with Crippen LogP contribution in [0.4, 0.5) is 0 Å². The Morgan fingerprint density at radius 3 is 2.61 bits per heavy atom. The van der Waals surface area contributed by atoms with E-state index in [2.05, 4.69) is 15.0 Å². The second-order valence-electron chi connectivity index (χ2n) is 4.62. The van der Waals surface area contributed by atoms with Crippen LogP contribution in [0, 0.1) is 0 Å². The second-order valence-corrected chi connectivity index (χ2v) is 5.65. The predicted octanol–water partition coefficient (Wildman–Crippen LogP) is 2.56. The molecule has 2 aromatic rings. The van der Waals surface area contributed by atoms with Gasteiger partial charge in [-0.05, 0) is 20.8 Å². The molecule has 18 heavy (non-hydrogen) atoms. The van der Waals surface area contributed by atoms with E-state index in [0.717, 1.165) is 4.88 Å². The third kappa shape index (κ3) is 3.10. The summed E-state index contributed by atoms with van der Waals surface area (Å²) < 4.78 is 5.25. The number of carbonyl (C=O) groups excluding carboxylic acids is 1. The van der Waals surface area contributed by atoms with Crippen LogP contribution in [0.3, 0.4) is 0 Å². The number of nitrogens with zero attached hydrogens (tertiary/aromatic N) is 3. The second kappa shape index (κ2) is 4.81. The van der Waals surface area contributed by atoms with E-state index in [1.54, 1.807) is 24.8 Å². The molecule has 0 fully saturated rings. The maximum absolute atomic E-state index is 11.8. The average Bonchev–Trinajstić information content (AvgIpc) is 2.77. The first-order valence-electron chi connectivity index (χ1n) is 5.41. The molecule has 0 unspecified atom stereocenters. The van der Waals surface area contributed by atoms with Crippen LogP contribution in [0.25, 0.3) is 10.6 Å². The lowest BCUT2D eigenvalue weighted by atomic mass is 10.2. The summed E-state index contributed by atoms with van der Waals surface area (Å²) in [6.07, 6.45) is 6.43. The molecule has 0 bridgehead atoms. The predicted molar refractivity (Wildman–Crippen MR) is 68.3 cm³/mol. The van der Waals surface area contributed by atoms with Crippen LogP contribution >= 0.6 is 11.3 Å². The van der Waals surface area contributed by atoms with Gasteiger partial charge < -0.3 is 4.74 Å². The van der Waals surface area contributed by atoms with Gasteiger partial charge in [-0.25, -0.2) is 9.78 Å². The highest BCUT2D eigenvalue weighted by Crippen LogP contribution is 2.24. The smallest absolute Gasteiger partial charge is 0.367 e. The largest absolute Gasteiger partial charge is 0.455 e. The molecule has 0 spiro atoms. The molecule has 0 N–H and O–H groups in total. The fourth-order valence-electron chi connectivity index (χ4n) is 1.23. The highest BCUT2D eigenvalue weighted by atomic mass is 32.1. The molecule has 0 aromatic carbocycles. The summed E-state index contributed by atoms with van der Waals surface area (Å²) in [5.74, 6) is -0.414. The molecule has 0 saturated carbocycles. The van der Waals surface area contributed by atoms with Gasteiger partial charge in [-0.3, -0.25) is 9.97 Å². The van der Waals surface area contributed by atoms with Crippen LogP contribution in [0.15, 0.2) is 24.8 Å². The van der Waals surface area contributed by atoms with Crippen LogP contribution in [-0.4, -0.2) is 26.5 Å². The van der Waals surface area contributed by atoms with E-state index in [1.807, 2.05) is 20.8 Å². The molecule has 6 heteroatoms. The van der Waals surface area contributed by atoms with Gasteiger partial charge in [0.15, 0.2) is 0 Å². The number of ether oxygens (including phenoxy) is 1. The Morgan fingerprint density at radius 2 is 2.00 bits per heavy atom. The molecule has 2 rings (SSSR count). The SMILES string of the molecule is CC(C)(C)OC(=O)c1ncc(-c2cnccn2)s1. The highest BCUT2D eigenvalue weighted by molar-refractivity contribution is 7.16. The molecule has 5 nitrogen and oxygen atoms in total. The van der Waals surface area contributed by atoms with Crippen molar-refractivity contribution in [3.05, 3.63) is 29.8 Å². The zero-order chi connectivity index (χ0) is 13.2. The van der Waals surface area contributed by atoms with Gasteiger partial charge in [-0.1, -0.05) is 0 Å². The lowest BCUT2D eigenvalue weighted by Gasteiger charge is -2.18. The summed E-state index contributed by atoms with van der Waals surface area (Å²) in [6.45, 7) is 5.46. The van der Waals surface area contributed by atoms with Gasteiger partial charge in [-0.15, -0.1) is 11.3 Å². The van der Waals surface area contributed by atoms with Gasteiger partial charge in [0.1, 0.15) is 11.3 Å². The van der Waals surface area contributed by atoms with Gasteiger partial charge in [0.2, 0.25) is 5.01 Å². The minimum atomic E-state index is -0.518. The van der Waals surface area contributed by atoms with Gasteiger partial charge >= 0.3 is 5.97 Å². The fraction of sp³-hybridized carbons (Fsp3) is 0.333. The first kappa shape index (κ1) is 12.6. The molecule has 0 atom stereocenters. The molecule has 2 heterocycles. The number of hydrogen-bond donors (Lipinski definition) is 0. The molecular weight excluding hydrogens is 250 g/mol. The van der Waals surface area contributed by atoms with Crippen molar-refractivity contribution in [3.8, 4) is 10.6 Å². The van der Waals surface area contributed by atoms with Crippen molar-refractivity contribution in [2.24, 2.45) is 0 Å². The summed E-state index contributed by atoms with van der Waals surface area (Å²) in [4.78, 5) is 24.8. The van der Waals surface area contributed by atoms with E-state index < -0.39 is 11.6 Å². The zero-order valence-corrected chi connectivity index (χ0v) is 11.2. The van der Waals surface area contributed by atoms with E-state index in [1.165, 1.54) is 11.3 Å². The van der Waals surface area contributed by atoms with Crippen molar-refractivity contribution in [3.63, 3.8) is 0 Å². The Morgan fingerprint density at radius 1 is 1.22 bits per heavy atom. The molecule has 94 valence electrons. The third-order valence-corrected chi connectivity index (χ3v) is 2.89. The topological polar surface area (TPSA) is 65.0 Å². The maximum Gasteiger partial charge on any atom is 0.367 e. The van der Waals surface area contributed by atoms with E-state index >= 15 is 0 Å². The van der Waals surface area contributed by atoms with Gasteiger partial charge in [-0.2, -0.15) is 0 Å². The van der Waals surface area contributed by atoms with E-state index in [0.29, 0.717) is 10.7 Å². The number of thiazole rings is 1. The molecule has 0 aliphatic carbocycles. The monoisotopic (exact) mass is 263 g/mol. The minimum Gasteiger partial charge on any atom is -0.455 e. The van der Waals surface area contributed by atoms with Crippen molar-refractivity contribution >= 4 is 17.3 Å². The number of aromatic nitrogens is 3. The van der Waals surface area contributed by atoms with Crippen molar-refractivity contribution < 1.29 is 9.53 Å². The van der Waals surface area contributed by atoms with Crippen LogP contribution in [0.1, 0.15) is 30.6 Å². The lowest BCUT2D eigenvalue weighted by Crippen LogP contribution is -2.23. The molecule has 0 saturated heterocycles. The summed E-state index contributed by atoms with van der Waals surface area (Å²) >= 11 is 1.25. The summed E-state index contributed by atoms with van der Waals surface area (Å²) in [6, 6.07) is 0. The number of rotatable bonds is 2. The van der Waals surface area contributed by atoms with E-state index in [-0.39, 0.29) is 0 Å². The third-order valence-electron chi connectivity index (χ3n) is 1.89. The normalized spacial score (nSPS) is 11.3.